The average Bonchev–Trinajstić information content (AvgIpc) is 2.61. The summed E-state index contributed by atoms with van der Waals surface area (Å²) in [7, 11) is 0. The molecular weight excluding hydrogens is 176 g/mol. The Hall–Kier alpha value is -1.97. The fourth-order valence-electron chi connectivity index (χ4n) is 1.50. The van der Waals surface area contributed by atoms with Crippen LogP contribution in [0.3, 0.4) is 0 Å². The van der Waals surface area contributed by atoms with Crippen molar-refractivity contribution in [2.45, 2.75) is 6.92 Å². The highest BCUT2D eigenvalue weighted by Gasteiger charge is 2.02. The molecular formula is C10H8N4. The molecule has 4 nitrogen and oxygen atoms in total. The quantitative estimate of drug-likeness (QED) is 0.579. The highest BCUT2D eigenvalue weighted by atomic mass is 15.0. The van der Waals surface area contributed by atoms with Crippen LogP contribution in [0.5, 0.6) is 0 Å². The van der Waals surface area contributed by atoms with Crippen molar-refractivity contribution in [2.75, 3.05) is 0 Å². The van der Waals surface area contributed by atoms with Crippen molar-refractivity contribution in [3.63, 3.8) is 0 Å². The Bertz CT molecular complexity index is 612. The van der Waals surface area contributed by atoms with Crippen LogP contribution in [0.4, 0.5) is 0 Å². The zero-order valence-electron chi connectivity index (χ0n) is 7.65. The molecule has 14 heavy (non-hydrogen) atoms. The number of aryl methyl sites for hydroxylation is 1. The first-order valence-corrected chi connectivity index (χ1v) is 4.40. The number of benzene rings is 1. The van der Waals surface area contributed by atoms with Crippen LogP contribution in [0.2, 0.25) is 0 Å². The molecule has 0 saturated heterocycles. The molecule has 1 aromatic carbocycles. The Morgan fingerprint density at radius 2 is 2.07 bits per heavy atom. The van der Waals surface area contributed by atoms with Gasteiger partial charge in [-0.1, -0.05) is 6.07 Å². The van der Waals surface area contributed by atoms with Crippen LogP contribution in [0.1, 0.15) is 5.56 Å². The van der Waals surface area contributed by atoms with Crippen molar-refractivity contribution in [1.29, 1.82) is 0 Å². The van der Waals surface area contributed by atoms with E-state index in [4.69, 9.17) is 0 Å². The third kappa shape index (κ3) is 0.970. The van der Waals surface area contributed by atoms with Gasteiger partial charge in [-0.05, 0) is 24.6 Å². The van der Waals surface area contributed by atoms with Gasteiger partial charge in [-0.15, -0.1) is 0 Å². The fraction of sp³-hybridized carbons (Fsp3) is 0.100. The van der Waals surface area contributed by atoms with Crippen LogP contribution in [0.25, 0.3) is 22.3 Å². The van der Waals surface area contributed by atoms with Gasteiger partial charge in [0.15, 0.2) is 11.3 Å². The Labute approximate surface area is 80.0 Å². The zero-order valence-corrected chi connectivity index (χ0v) is 7.65. The number of H-pyrrole nitrogens is 1. The van der Waals surface area contributed by atoms with Crippen molar-refractivity contribution in [2.24, 2.45) is 0 Å². The molecule has 0 amide bonds. The van der Waals surface area contributed by atoms with Crippen LogP contribution in [0, 0.1) is 6.92 Å². The van der Waals surface area contributed by atoms with E-state index in [1.165, 1.54) is 5.56 Å². The molecule has 2 aromatic heterocycles. The number of hydrogen-bond acceptors (Lipinski definition) is 3. The lowest BCUT2D eigenvalue weighted by molar-refractivity contribution is 1.32. The molecule has 4 heteroatoms. The normalized spacial score (nSPS) is 11.2. The number of aromatic amines is 1. The van der Waals surface area contributed by atoms with E-state index in [2.05, 4.69) is 19.9 Å². The van der Waals surface area contributed by atoms with Crippen LogP contribution in [-0.2, 0) is 0 Å². The van der Waals surface area contributed by atoms with Crippen LogP contribution < -0.4 is 0 Å². The van der Waals surface area contributed by atoms with Crippen molar-refractivity contribution in [3.05, 3.63) is 30.1 Å². The molecule has 3 rings (SSSR count). The lowest BCUT2D eigenvalue weighted by Gasteiger charge is -1.97. The Balaban J connectivity index is 2.50. The molecule has 0 fully saturated rings. The molecule has 0 aliphatic heterocycles. The van der Waals surface area contributed by atoms with Crippen molar-refractivity contribution in [3.8, 4) is 0 Å². The van der Waals surface area contributed by atoms with E-state index in [1.54, 1.807) is 6.33 Å². The number of hydrogen-bond donors (Lipinski definition) is 1. The molecule has 0 bridgehead atoms. The zero-order chi connectivity index (χ0) is 9.54. The molecule has 1 N–H and O–H groups in total. The highest BCUT2D eigenvalue weighted by Crippen LogP contribution is 2.14. The maximum absolute atomic E-state index is 4.42. The van der Waals surface area contributed by atoms with Gasteiger partial charge in [0.1, 0.15) is 0 Å². The molecule has 2 heterocycles. The van der Waals surface area contributed by atoms with Gasteiger partial charge in [0.2, 0.25) is 0 Å². The van der Waals surface area contributed by atoms with E-state index in [1.807, 2.05) is 25.1 Å². The first-order valence-electron chi connectivity index (χ1n) is 4.40. The maximum atomic E-state index is 4.42. The third-order valence-corrected chi connectivity index (χ3v) is 2.19. The van der Waals surface area contributed by atoms with Gasteiger partial charge in [0, 0.05) is 0 Å². The topological polar surface area (TPSA) is 54.5 Å². The minimum Gasteiger partial charge on any atom is -0.328 e. The number of nitrogens with zero attached hydrogens (tertiary/aromatic N) is 3. The summed E-state index contributed by atoms with van der Waals surface area (Å²) in [4.78, 5) is 15.8. The summed E-state index contributed by atoms with van der Waals surface area (Å²) in [5.41, 5.74) is 4.38. The Morgan fingerprint density at radius 3 is 3.00 bits per heavy atom. The lowest BCUT2D eigenvalue weighted by atomic mass is 10.2. The molecule has 0 spiro atoms. The summed E-state index contributed by atoms with van der Waals surface area (Å²) in [5, 5.41) is 0. The van der Waals surface area contributed by atoms with Crippen LogP contribution in [-0.4, -0.2) is 19.9 Å². The Kier molecular flexibility index (Phi) is 1.33. The van der Waals surface area contributed by atoms with Gasteiger partial charge in [-0.25, -0.2) is 15.0 Å². The molecule has 0 atom stereocenters. The molecule has 0 unspecified atom stereocenters. The predicted molar refractivity (Wildman–Crippen MR) is 53.9 cm³/mol. The van der Waals surface area contributed by atoms with Gasteiger partial charge in [0.25, 0.3) is 0 Å². The molecule has 68 valence electrons. The van der Waals surface area contributed by atoms with Gasteiger partial charge < -0.3 is 4.98 Å². The van der Waals surface area contributed by atoms with Crippen molar-refractivity contribution >= 4 is 22.3 Å². The monoisotopic (exact) mass is 184 g/mol. The maximum Gasteiger partial charge on any atom is 0.197 e. The second-order valence-electron chi connectivity index (χ2n) is 3.29. The van der Waals surface area contributed by atoms with E-state index in [-0.39, 0.29) is 0 Å². The summed E-state index contributed by atoms with van der Waals surface area (Å²) >= 11 is 0. The van der Waals surface area contributed by atoms with Gasteiger partial charge in [-0.2, -0.15) is 0 Å². The highest BCUT2D eigenvalue weighted by molar-refractivity contribution is 5.82. The second-order valence-corrected chi connectivity index (χ2v) is 3.29. The Morgan fingerprint density at radius 1 is 1.14 bits per heavy atom. The molecule has 3 aromatic rings. The first kappa shape index (κ1) is 7.44. The summed E-state index contributed by atoms with van der Waals surface area (Å²) in [6, 6.07) is 6.00. The lowest BCUT2D eigenvalue weighted by Crippen LogP contribution is -1.86. The first-order chi connectivity index (χ1) is 6.83. The van der Waals surface area contributed by atoms with E-state index in [9.17, 15) is 0 Å². The molecule has 0 radical (unpaired) electrons. The SMILES string of the molecule is Cc1ccc2nc3nc[nH]c3nc2c1. The number of aromatic nitrogens is 4. The molecule has 0 aliphatic rings. The number of rotatable bonds is 0. The fourth-order valence-corrected chi connectivity index (χ4v) is 1.50. The summed E-state index contributed by atoms with van der Waals surface area (Å²) in [5.74, 6) is 0. The smallest absolute Gasteiger partial charge is 0.197 e. The minimum atomic E-state index is 0.668. The summed E-state index contributed by atoms with van der Waals surface area (Å²) in [6.07, 6.45) is 1.61. The van der Waals surface area contributed by atoms with Crippen molar-refractivity contribution < 1.29 is 0 Å². The largest absolute Gasteiger partial charge is 0.328 e. The minimum absolute atomic E-state index is 0.668. The molecule has 0 aliphatic carbocycles. The summed E-state index contributed by atoms with van der Waals surface area (Å²) in [6.45, 7) is 2.04. The molecule has 0 saturated carbocycles. The van der Waals surface area contributed by atoms with Crippen molar-refractivity contribution in [1.82, 2.24) is 19.9 Å². The number of nitrogens with one attached hydrogen (secondary N) is 1. The van der Waals surface area contributed by atoms with Crippen LogP contribution in [0.15, 0.2) is 24.5 Å². The average molecular weight is 184 g/mol. The second kappa shape index (κ2) is 2.51. The summed E-state index contributed by atoms with van der Waals surface area (Å²) < 4.78 is 0. The number of imidazole rings is 1. The van der Waals surface area contributed by atoms with Gasteiger partial charge in [-0.3, -0.25) is 0 Å². The van der Waals surface area contributed by atoms with E-state index < -0.39 is 0 Å². The van der Waals surface area contributed by atoms with E-state index in [0.29, 0.717) is 5.65 Å². The van der Waals surface area contributed by atoms with E-state index >= 15 is 0 Å². The third-order valence-electron chi connectivity index (χ3n) is 2.19. The van der Waals surface area contributed by atoms with Gasteiger partial charge >= 0.3 is 0 Å². The van der Waals surface area contributed by atoms with Crippen LogP contribution >= 0.6 is 0 Å². The number of fused-ring (bicyclic) bond motifs is 2. The van der Waals surface area contributed by atoms with E-state index in [0.717, 1.165) is 16.7 Å². The predicted octanol–water partition coefficient (Wildman–Crippen LogP) is 1.81. The standard InChI is InChI=1S/C10H8N4/c1-6-2-3-7-8(4-6)14-10-9(13-7)11-5-12-10/h2-5H,1H3,(H,11,12,13,14). The van der Waals surface area contributed by atoms with Gasteiger partial charge in [0.05, 0.1) is 17.4 Å².